The fourth-order valence-electron chi connectivity index (χ4n) is 1.77. The number of nitrogens with one attached hydrogen (secondary N) is 1. The van der Waals surface area contributed by atoms with Crippen LogP contribution in [-0.2, 0) is 0 Å². The Morgan fingerprint density at radius 1 is 1.43 bits per heavy atom. The lowest BCUT2D eigenvalue weighted by molar-refractivity contribution is 0.490. The van der Waals surface area contributed by atoms with E-state index < -0.39 is 0 Å². The van der Waals surface area contributed by atoms with Crippen molar-refractivity contribution in [1.82, 2.24) is 10.3 Å². The summed E-state index contributed by atoms with van der Waals surface area (Å²) >= 11 is 0. The Balaban J connectivity index is 2.46. The van der Waals surface area contributed by atoms with Crippen LogP contribution < -0.4 is 5.32 Å². The van der Waals surface area contributed by atoms with Crippen LogP contribution in [0.5, 0.6) is 0 Å². The molecule has 78 valence electrons. The summed E-state index contributed by atoms with van der Waals surface area (Å²) in [6.07, 6.45) is 4.95. The van der Waals surface area contributed by atoms with Crippen LogP contribution in [0.25, 0.3) is 0 Å². The smallest absolute Gasteiger partial charge is 0.0302 e. The molecule has 0 saturated carbocycles. The number of hydrogen-bond acceptors (Lipinski definition) is 2. The summed E-state index contributed by atoms with van der Waals surface area (Å²) in [6, 6.07) is 4.73. The fourth-order valence-corrected chi connectivity index (χ4v) is 1.77. The highest BCUT2D eigenvalue weighted by Gasteiger charge is 2.09. The van der Waals surface area contributed by atoms with E-state index in [-0.39, 0.29) is 0 Å². The van der Waals surface area contributed by atoms with Crippen LogP contribution in [0.2, 0.25) is 0 Å². The topological polar surface area (TPSA) is 24.9 Å². The van der Waals surface area contributed by atoms with Crippen molar-refractivity contribution in [3.05, 3.63) is 30.1 Å². The Labute approximate surface area is 86.8 Å². The normalized spacial score (nSPS) is 15.1. The molecular weight excluding hydrogens is 172 g/mol. The average molecular weight is 192 g/mol. The largest absolute Gasteiger partial charge is 0.315 e. The number of aromatic nitrogens is 1. The molecule has 0 aliphatic carbocycles. The molecule has 0 aliphatic heterocycles. The zero-order valence-corrected chi connectivity index (χ0v) is 9.33. The van der Waals surface area contributed by atoms with Crippen molar-refractivity contribution in [2.24, 2.45) is 0 Å². The van der Waals surface area contributed by atoms with Gasteiger partial charge >= 0.3 is 0 Å². The van der Waals surface area contributed by atoms with Gasteiger partial charge in [0, 0.05) is 18.4 Å². The first-order valence-corrected chi connectivity index (χ1v) is 5.37. The van der Waals surface area contributed by atoms with Crippen molar-refractivity contribution in [1.29, 1.82) is 0 Å². The molecular formula is C12H20N2. The van der Waals surface area contributed by atoms with Crippen molar-refractivity contribution in [3.8, 4) is 0 Å². The minimum Gasteiger partial charge on any atom is -0.315 e. The summed E-state index contributed by atoms with van der Waals surface area (Å²) < 4.78 is 0. The van der Waals surface area contributed by atoms with Crippen molar-refractivity contribution in [2.45, 2.75) is 39.2 Å². The molecule has 0 fully saturated rings. The zero-order chi connectivity index (χ0) is 10.4. The van der Waals surface area contributed by atoms with E-state index in [0.29, 0.717) is 12.0 Å². The second kappa shape index (κ2) is 5.76. The summed E-state index contributed by atoms with van der Waals surface area (Å²) in [6.45, 7) is 7.67. The van der Waals surface area contributed by atoms with E-state index in [1.54, 1.807) is 0 Å². The maximum absolute atomic E-state index is 4.14. The van der Waals surface area contributed by atoms with Gasteiger partial charge in [-0.15, -0.1) is 0 Å². The number of rotatable bonds is 5. The summed E-state index contributed by atoms with van der Waals surface area (Å²) in [5.74, 6) is 0.581. The SMILES string of the molecule is CCNC(C)CC(C)c1cccnc1. The Hall–Kier alpha value is -0.890. The lowest BCUT2D eigenvalue weighted by atomic mass is 9.96. The minimum absolute atomic E-state index is 0.579. The van der Waals surface area contributed by atoms with Gasteiger partial charge in [-0.3, -0.25) is 4.98 Å². The Morgan fingerprint density at radius 3 is 2.79 bits per heavy atom. The quantitative estimate of drug-likeness (QED) is 0.775. The second-order valence-electron chi connectivity index (χ2n) is 3.88. The highest BCUT2D eigenvalue weighted by Crippen LogP contribution is 2.18. The first-order chi connectivity index (χ1) is 6.74. The lowest BCUT2D eigenvalue weighted by Crippen LogP contribution is -2.26. The molecule has 1 heterocycles. The molecule has 0 radical (unpaired) electrons. The van der Waals surface area contributed by atoms with Gasteiger partial charge in [-0.05, 0) is 37.4 Å². The Kier molecular flexibility index (Phi) is 4.60. The molecule has 0 bridgehead atoms. The van der Waals surface area contributed by atoms with Gasteiger partial charge in [0.1, 0.15) is 0 Å². The van der Waals surface area contributed by atoms with Crippen molar-refractivity contribution in [3.63, 3.8) is 0 Å². The van der Waals surface area contributed by atoms with E-state index in [2.05, 4.69) is 37.1 Å². The predicted octanol–water partition coefficient (Wildman–Crippen LogP) is 2.57. The predicted molar refractivity (Wildman–Crippen MR) is 60.4 cm³/mol. The van der Waals surface area contributed by atoms with Crippen LogP contribution in [0, 0.1) is 0 Å². The zero-order valence-electron chi connectivity index (χ0n) is 9.33. The third kappa shape index (κ3) is 3.46. The van der Waals surface area contributed by atoms with E-state index in [1.165, 1.54) is 12.0 Å². The van der Waals surface area contributed by atoms with E-state index in [4.69, 9.17) is 0 Å². The fraction of sp³-hybridized carbons (Fsp3) is 0.583. The first kappa shape index (κ1) is 11.2. The van der Waals surface area contributed by atoms with Crippen LogP contribution >= 0.6 is 0 Å². The van der Waals surface area contributed by atoms with Gasteiger partial charge < -0.3 is 5.32 Å². The average Bonchev–Trinajstić information content (AvgIpc) is 2.19. The number of pyridine rings is 1. The molecule has 0 aromatic carbocycles. The molecule has 1 N–H and O–H groups in total. The number of nitrogens with zero attached hydrogens (tertiary/aromatic N) is 1. The minimum atomic E-state index is 0.579. The molecule has 2 heteroatoms. The molecule has 0 saturated heterocycles. The van der Waals surface area contributed by atoms with Crippen LogP contribution in [0.15, 0.2) is 24.5 Å². The summed E-state index contributed by atoms with van der Waals surface area (Å²) in [4.78, 5) is 4.14. The van der Waals surface area contributed by atoms with Gasteiger partial charge in [-0.1, -0.05) is 19.9 Å². The molecule has 2 unspecified atom stereocenters. The maximum atomic E-state index is 4.14. The first-order valence-electron chi connectivity index (χ1n) is 5.37. The lowest BCUT2D eigenvalue weighted by Gasteiger charge is -2.17. The van der Waals surface area contributed by atoms with Gasteiger partial charge in [0.2, 0.25) is 0 Å². The van der Waals surface area contributed by atoms with Crippen molar-refractivity contribution >= 4 is 0 Å². The van der Waals surface area contributed by atoms with E-state index >= 15 is 0 Å². The molecule has 2 atom stereocenters. The molecule has 1 rings (SSSR count). The summed E-state index contributed by atoms with van der Waals surface area (Å²) in [5, 5.41) is 3.43. The molecule has 0 amide bonds. The molecule has 1 aromatic heterocycles. The van der Waals surface area contributed by atoms with Crippen LogP contribution in [0.3, 0.4) is 0 Å². The van der Waals surface area contributed by atoms with Gasteiger partial charge in [0.05, 0.1) is 0 Å². The third-order valence-corrected chi connectivity index (χ3v) is 2.51. The maximum Gasteiger partial charge on any atom is 0.0302 e. The molecule has 0 aliphatic rings. The van der Waals surface area contributed by atoms with Crippen LogP contribution in [0.1, 0.15) is 38.7 Å². The van der Waals surface area contributed by atoms with Gasteiger partial charge in [-0.2, -0.15) is 0 Å². The summed E-state index contributed by atoms with van der Waals surface area (Å²) in [7, 11) is 0. The third-order valence-electron chi connectivity index (χ3n) is 2.51. The van der Waals surface area contributed by atoms with E-state index in [0.717, 1.165) is 6.54 Å². The van der Waals surface area contributed by atoms with Gasteiger partial charge in [-0.25, -0.2) is 0 Å². The van der Waals surface area contributed by atoms with Gasteiger partial charge in [0.15, 0.2) is 0 Å². The van der Waals surface area contributed by atoms with Crippen molar-refractivity contribution in [2.75, 3.05) is 6.54 Å². The van der Waals surface area contributed by atoms with Crippen LogP contribution in [0.4, 0.5) is 0 Å². The Morgan fingerprint density at radius 2 is 2.21 bits per heavy atom. The molecule has 1 aromatic rings. The second-order valence-corrected chi connectivity index (χ2v) is 3.88. The standard InChI is InChI=1S/C12H20N2/c1-4-14-11(3)8-10(2)12-6-5-7-13-9-12/h5-7,9-11,14H,4,8H2,1-3H3. The van der Waals surface area contributed by atoms with E-state index in [1.807, 2.05) is 18.5 Å². The molecule has 2 nitrogen and oxygen atoms in total. The number of hydrogen-bond donors (Lipinski definition) is 1. The molecule has 0 spiro atoms. The van der Waals surface area contributed by atoms with Crippen molar-refractivity contribution < 1.29 is 0 Å². The van der Waals surface area contributed by atoms with Gasteiger partial charge in [0.25, 0.3) is 0 Å². The van der Waals surface area contributed by atoms with Crippen LogP contribution in [-0.4, -0.2) is 17.6 Å². The summed E-state index contributed by atoms with van der Waals surface area (Å²) in [5.41, 5.74) is 1.33. The molecule has 14 heavy (non-hydrogen) atoms. The Bertz CT molecular complexity index is 246. The van der Waals surface area contributed by atoms with E-state index in [9.17, 15) is 0 Å². The highest BCUT2D eigenvalue weighted by molar-refractivity contribution is 5.13. The monoisotopic (exact) mass is 192 g/mol. The highest BCUT2D eigenvalue weighted by atomic mass is 14.9.